The van der Waals surface area contributed by atoms with Gasteiger partial charge in [-0.1, -0.05) is 0 Å². The summed E-state index contributed by atoms with van der Waals surface area (Å²) in [6.45, 7) is -0.477. The van der Waals surface area contributed by atoms with Crippen LogP contribution in [0.25, 0.3) is 11.1 Å². The van der Waals surface area contributed by atoms with Crippen molar-refractivity contribution in [1.29, 1.82) is 0 Å². The highest BCUT2D eigenvalue weighted by Gasteiger charge is 2.08. The van der Waals surface area contributed by atoms with Crippen LogP contribution in [0.4, 0.5) is 14.7 Å². The van der Waals surface area contributed by atoms with Crippen LogP contribution in [0.3, 0.4) is 0 Å². The van der Waals surface area contributed by atoms with Crippen molar-refractivity contribution >= 4 is 5.95 Å². The summed E-state index contributed by atoms with van der Waals surface area (Å²) >= 11 is 0. The highest BCUT2D eigenvalue weighted by Crippen LogP contribution is 2.26. The minimum Gasteiger partial charge on any atom is -0.481 e. The van der Waals surface area contributed by atoms with Crippen LogP contribution >= 0.6 is 0 Å². The predicted molar refractivity (Wildman–Crippen MR) is 66.3 cm³/mol. The second kappa shape index (κ2) is 6.03. The van der Waals surface area contributed by atoms with Gasteiger partial charge in [-0.15, -0.1) is 0 Å². The van der Waals surface area contributed by atoms with Crippen molar-refractivity contribution < 1.29 is 13.5 Å². The zero-order chi connectivity index (χ0) is 13.7. The summed E-state index contributed by atoms with van der Waals surface area (Å²) in [7, 11) is 1.52. The van der Waals surface area contributed by atoms with Gasteiger partial charge in [-0.3, -0.25) is 0 Å². The lowest BCUT2D eigenvalue weighted by Gasteiger charge is -2.07. The van der Waals surface area contributed by atoms with Crippen molar-refractivity contribution in [3.8, 4) is 17.0 Å². The van der Waals surface area contributed by atoms with Gasteiger partial charge in [0, 0.05) is 29.7 Å². The zero-order valence-electron chi connectivity index (χ0n) is 10.2. The Labute approximate surface area is 108 Å². The molecule has 0 aliphatic carbocycles. The summed E-state index contributed by atoms with van der Waals surface area (Å²) in [5.41, 5.74) is 1.44. The number of nitrogens with zero attached hydrogens (tertiary/aromatic N) is 3. The normalized spacial score (nSPS) is 10.5. The maximum absolute atomic E-state index is 12.0. The Morgan fingerprint density at radius 1 is 1.26 bits per heavy atom. The number of aromatic nitrogens is 3. The minimum absolute atomic E-state index is 0.159. The van der Waals surface area contributed by atoms with Gasteiger partial charge in [-0.25, -0.2) is 23.7 Å². The van der Waals surface area contributed by atoms with E-state index in [0.29, 0.717) is 11.4 Å². The first-order chi connectivity index (χ1) is 9.20. The van der Waals surface area contributed by atoms with E-state index in [9.17, 15) is 8.78 Å². The summed E-state index contributed by atoms with van der Waals surface area (Å²) in [4.78, 5) is 12.0. The fourth-order valence-corrected chi connectivity index (χ4v) is 1.50. The second-order valence-corrected chi connectivity index (χ2v) is 3.63. The molecule has 0 unspecified atom stereocenters. The monoisotopic (exact) mass is 266 g/mol. The van der Waals surface area contributed by atoms with E-state index in [0.717, 1.165) is 5.56 Å². The molecule has 0 saturated heterocycles. The summed E-state index contributed by atoms with van der Waals surface area (Å²) in [6, 6.07) is 3.58. The van der Waals surface area contributed by atoms with Crippen LogP contribution in [-0.2, 0) is 0 Å². The summed E-state index contributed by atoms with van der Waals surface area (Å²) < 4.78 is 29.2. The molecule has 5 nitrogen and oxygen atoms in total. The first kappa shape index (κ1) is 13.1. The fourth-order valence-electron chi connectivity index (χ4n) is 1.50. The van der Waals surface area contributed by atoms with Gasteiger partial charge in [0.1, 0.15) is 0 Å². The molecule has 0 radical (unpaired) electrons. The largest absolute Gasteiger partial charge is 0.481 e. The van der Waals surface area contributed by atoms with E-state index in [-0.39, 0.29) is 5.95 Å². The van der Waals surface area contributed by atoms with E-state index < -0.39 is 13.0 Å². The molecule has 1 N–H and O–H groups in total. The van der Waals surface area contributed by atoms with Crippen molar-refractivity contribution in [3.63, 3.8) is 0 Å². The molecule has 0 amide bonds. The van der Waals surface area contributed by atoms with E-state index in [1.54, 1.807) is 12.3 Å². The highest BCUT2D eigenvalue weighted by atomic mass is 19.3. The van der Waals surface area contributed by atoms with Crippen molar-refractivity contribution in [3.05, 3.63) is 30.7 Å². The number of alkyl halides is 2. The maximum Gasteiger partial charge on any atom is 0.255 e. The number of methoxy groups -OCH3 is 1. The SMILES string of the molecule is COc1ncccc1-c1cnc(NCC(F)F)nc1. The Morgan fingerprint density at radius 2 is 2.00 bits per heavy atom. The van der Waals surface area contributed by atoms with Gasteiger partial charge in [-0.2, -0.15) is 0 Å². The quantitative estimate of drug-likeness (QED) is 0.899. The van der Waals surface area contributed by atoms with Gasteiger partial charge >= 0.3 is 0 Å². The molecule has 2 heterocycles. The Kier molecular flexibility index (Phi) is 4.17. The van der Waals surface area contributed by atoms with Crippen molar-refractivity contribution in [2.45, 2.75) is 6.43 Å². The number of nitrogens with one attached hydrogen (secondary N) is 1. The molecule has 0 aromatic carbocycles. The van der Waals surface area contributed by atoms with Crippen LogP contribution in [-0.4, -0.2) is 35.0 Å². The Bertz CT molecular complexity index is 534. The predicted octanol–water partition coefficient (Wildman–Crippen LogP) is 2.22. The molecule has 2 aromatic heterocycles. The smallest absolute Gasteiger partial charge is 0.255 e. The summed E-state index contributed by atoms with van der Waals surface area (Å²) in [5.74, 6) is 0.617. The molecule has 19 heavy (non-hydrogen) atoms. The molecule has 2 rings (SSSR count). The molecule has 0 bridgehead atoms. The van der Waals surface area contributed by atoms with Crippen LogP contribution in [0.1, 0.15) is 0 Å². The third kappa shape index (κ3) is 3.34. The van der Waals surface area contributed by atoms with Gasteiger partial charge in [0.05, 0.1) is 13.7 Å². The molecule has 0 fully saturated rings. The van der Waals surface area contributed by atoms with Crippen molar-refractivity contribution in [2.24, 2.45) is 0 Å². The minimum atomic E-state index is -2.44. The lowest BCUT2D eigenvalue weighted by atomic mass is 10.1. The second-order valence-electron chi connectivity index (χ2n) is 3.63. The van der Waals surface area contributed by atoms with Crippen LogP contribution in [0.5, 0.6) is 5.88 Å². The molecule has 100 valence electrons. The number of hydrogen-bond donors (Lipinski definition) is 1. The highest BCUT2D eigenvalue weighted by molar-refractivity contribution is 5.67. The molecular weight excluding hydrogens is 254 g/mol. The van der Waals surface area contributed by atoms with E-state index in [1.807, 2.05) is 6.07 Å². The summed E-state index contributed by atoms with van der Waals surface area (Å²) in [5, 5.41) is 2.43. The molecule has 0 atom stereocenters. The van der Waals surface area contributed by atoms with Gasteiger partial charge in [0.25, 0.3) is 6.43 Å². The average molecular weight is 266 g/mol. The number of ether oxygens (including phenoxy) is 1. The molecule has 2 aromatic rings. The number of rotatable bonds is 5. The number of hydrogen-bond acceptors (Lipinski definition) is 5. The Balaban J connectivity index is 2.18. The van der Waals surface area contributed by atoms with E-state index in [4.69, 9.17) is 4.74 Å². The third-order valence-corrected chi connectivity index (χ3v) is 2.34. The van der Waals surface area contributed by atoms with Gasteiger partial charge in [-0.05, 0) is 12.1 Å². The first-order valence-corrected chi connectivity index (χ1v) is 5.54. The van der Waals surface area contributed by atoms with E-state index >= 15 is 0 Å². The van der Waals surface area contributed by atoms with Gasteiger partial charge < -0.3 is 10.1 Å². The fraction of sp³-hybridized carbons (Fsp3) is 0.250. The van der Waals surface area contributed by atoms with Crippen molar-refractivity contribution in [2.75, 3.05) is 19.0 Å². The molecule has 0 aliphatic heterocycles. The number of halogens is 2. The third-order valence-electron chi connectivity index (χ3n) is 2.34. The van der Waals surface area contributed by atoms with E-state index in [2.05, 4.69) is 20.3 Å². The topological polar surface area (TPSA) is 59.9 Å². The van der Waals surface area contributed by atoms with Crippen LogP contribution in [0, 0.1) is 0 Å². The average Bonchev–Trinajstić information content (AvgIpc) is 2.45. The van der Waals surface area contributed by atoms with Gasteiger partial charge in [0.15, 0.2) is 0 Å². The van der Waals surface area contributed by atoms with Crippen LogP contribution in [0.15, 0.2) is 30.7 Å². The molecule has 7 heteroatoms. The molecule has 0 aliphatic rings. The Hall–Kier alpha value is -2.31. The lowest BCUT2D eigenvalue weighted by molar-refractivity contribution is 0.163. The zero-order valence-corrected chi connectivity index (χ0v) is 10.2. The van der Waals surface area contributed by atoms with Crippen molar-refractivity contribution in [1.82, 2.24) is 15.0 Å². The Morgan fingerprint density at radius 3 is 2.63 bits per heavy atom. The number of pyridine rings is 1. The molecule has 0 saturated carbocycles. The van der Waals surface area contributed by atoms with E-state index in [1.165, 1.54) is 19.5 Å². The molecule has 0 spiro atoms. The maximum atomic E-state index is 12.0. The van der Waals surface area contributed by atoms with Crippen LogP contribution < -0.4 is 10.1 Å². The first-order valence-electron chi connectivity index (χ1n) is 5.54. The van der Waals surface area contributed by atoms with Crippen LogP contribution in [0.2, 0.25) is 0 Å². The van der Waals surface area contributed by atoms with Gasteiger partial charge in [0.2, 0.25) is 11.8 Å². The number of anilines is 1. The molecular formula is C12H12F2N4O. The lowest BCUT2D eigenvalue weighted by Crippen LogP contribution is -2.12. The standard InChI is InChI=1S/C12H12F2N4O/c1-19-11-9(3-2-4-15-11)8-5-16-12(17-6-8)18-7-10(13)14/h2-6,10H,7H2,1H3,(H,16,17,18). The summed E-state index contributed by atoms with van der Waals surface area (Å²) in [6.07, 6.45) is 2.23.